The summed E-state index contributed by atoms with van der Waals surface area (Å²) in [7, 11) is 0. The van der Waals surface area contributed by atoms with E-state index in [9.17, 15) is 8.78 Å². The summed E-state index contributed by atoms with van der Waals surface area (Å²) >= 11 is 0. The van der Waals surface area contributed by atoms with E-state index in [0.29, 0.717) is 29.2 Å². The van der Waals surface area contributed by atoms with Crippen molar-refractivity contribution in [2.24, 2.45) is 11.6 Å². The van der Waals surface area contributed by atoms with Crippen LogP contribution in [0.4, 0.5) is 14.6 Å². The van der Waals surface area contributed by atoms with Gasteiger partial charge in [-0.05, 0) is 55.8 Å². The summed E-state index contributed by atoms with van der Waals surface area (Å²) in [6.45, 7) is 2.71. The Morgan fingerprint density at radius 2 is 1.85 bits per heavy atom. The number of aromatic nitrogens is 3. The zero-order valence-corrected chi connectivity index (χ0v) is 17.9. The molecular weight excluding hydrogens is 430 g/mol. The Labute approximate surface area is 189 Å². The highest BCUT2D eigenvalue weighted by atomic mass is 19.3. The van der Waals surface area contributed by atoms with E-state index >= 15 is 0 Å². The summed E-state index contributed by atoms with van der Waals surface area (Å²) in [5.41, 5.74) is 14.5. The monoisotopic (exact) mass is 456 g/mol. The number of rotatable bonds is 8. The van der Waals surface area contributed by atoms with Crippen LogP contribution < -0.4 is 17.3 Å². The SMILES string of the molecule is N/C(=C\N(N)C(CN1CCCC1)c1ccc(-c2nnc(C(F)F)o2)cc1)c1ccc(N)nc1. The highest BCUT2D eigenvalue weighted by Crippen LogP contribution is 2.27. The van der Waals surface area contributed by atoms with Gasteiger partial charge >= 0.3 is 6.43 Å². The van der Waals surface area contributed by atoms with Crippen LogP contribution in [0.25, 0.3) is 17.2 Å². The maximum atomic E-state index is 12.7. The van der Waals surface area contributed by atoms with Crippen molar-refractivity contribution in [3.05, 3.63) is 65.8 Å². The zero-order valence-electron chi connectivity index (χ0n) is 17.9. The summed E-state index contributed by atoms with van der Waals surface area (Å²) in [5, 5.41) is 8.66. The van der Waals surface area contributed by atoms with Gasteiger partial charge in [0, 0.05) is 30.1 Å². The Kier molecular flexibility index (Phi) is 6.80. The number of alkyl halides is 2. The van der Waals surface area contributed by atoms with E-state index in [2.05, 4.69) is 20.1 Å². The number of likely N-dealkylation sites (tertiary alicyclic amines) is 1. The minimum atomic E-state index is -2.81. The largest absolute Gasteiger partial charge is 0.415 e. The predicted molar refractivity (Wildman–Crippen MR) is 120 cm³/mol. The molecule has 1 aliphatic heterocycles. The molecule has 0 radical (unpaired) electrons. The second-order valence-corrected chi connectivity index (χ2v) is 7.90. The van der Waals surface area contributed by atoms with Gasteiger partial charge in [0.05, 0.1) is 11.7 Å². The third-order valence-electron chi connectivity index (χ3n) is 5.57. The number of benzene rings is 1. The zero-order chi connectivity index (χ0) is 23.4. The number of hydrogen-bond acceptors (Lipinski definition) is 9. The van der Waals surface area contributed by atoms with E-state index in [-0.39, 0.29) is 11.9 Å². The van der Waals surface area contributed by atoms with Crippen molar-refractivity contribution in [2.75, 3.05) is 25.4 Å². The van der Waals surface area contributed by atoms with Crippen LogP contribution >= 0.6 is 0 Å². The van der Waals surface area contributed by atoms with Crippen LogP contribution in [0.5, 0.6) is 0 Å². The fraction of sp³-hybridized carbons (Fsp3) is 0.318. The molecule has 1 fully saturated rings. The maximum absolute atomic E-state index is 12.7. The van der Waals surface area contributed by atoms with E-state index < -0.39 is 12.3 Å². The van der Waals surface area contributed by atoms with Gasteiger partial charge < -0.3 is 25.8 Å². The summed E-state index contributed by atoms with van der Waals surface area (Å²) in [6.07, 6.45) is 2.75. The molecule has 0 spiro atoms. The van der Waals surface area contributed by atoms with Crippen molar-refractivity contribution in [3.63, 3.8) is 0 Å². The fourth-order valence-corrected chi connectivity index (χ4v) is 3.77. The standard InChI is InChI=1S/C22H26F2N8O/c23-20(24)22-30-29-21(33-22)15-5-3-14(4-6-15)18(13-31-9-1-2-10-31)32(27)12-17(25)16-7-8-19(26)28-11-16/h3-8,11-12,18,20H,1-2,9-10,13,25,27H2,(H2,26,28)/b17-12-. The van der Waals surface area contributed by atoms with E-state index in [4.69, 9.17) is 21.7 Å². The van der Waals surface area contributed by atoms with Crippen LogP contribution in [0.1, 0.15) is 42.3 Å². The van der Waals surface area contributed by atoms with Crippen LogP contribution in [0.2, 0.25) is 0 Å². The first-order valence-electron chi connectivity index (χ1n) is 10.6. The Balaban J connectivity index is 1.57. The van der Waals surface area contributed by atoms with Crippen LogP contribution in [0, 0.1) is 0 Å². The van der Waals surface area contributed by atoms with Gasteiger partial charge in [-0.15, -0.1) is 10.2 Å². The number of nitrogen functional groups attached to an aromatic ring is 1. The number of halogens is 2. The second kappa shape index (κ2) is 9.92. The van der Waals surface area contributed by atoms with Gasteiger partial charge in [-0.3, -0.25) is 0 Å². The van der Waals surface area contributed by atoms with E-state index in [1.54, 1.807) is 41.7 Å². The van der Waals surface area contributed by atoms with Crippen molar-refractivity contribution >= 4 is 11.5 Å². The van der Waals surface area contributed by atoms with E-state index in [1.807, 2.05) is 12.1 Å². The molecule has 11 heteroatoms. The maximum Gasteiger partial charge on any atom is 0.314 e. The van der Waals surface area contributed by atoms with Gasteiger partial charge in [-0.25, -0.2) is 10.8 Å². The molecule has 9 nitrogen and oxygen atoms in total. The predicted octanol–water partition coefficient (Wildman–Crippen LogP) is 2.92. The Morgan fingerprint density at radius 3 is 2.45 bits per heavy atom. The second-order valence-electron chi connectivity index (χ2n) is 7.90. The van der Waals surface area contributed by atoms with Gasteiger partial charge in [-0.1, -0.05) is 12.1 Å². The quantitative estimate of drug-likeness (QED) is 0.345. The number of nitrogens with zero attached hydrogens (tertiary/aromatic N) is 5. The summed E-state index contributed by atoms with van der Waals surface area (Å²) < 4.78 is 30.5. The van der Waals surface area contributed by atoms with Gasteiger partial charge in [-0.2, -0.15) is 8.78 Å². The third-order valence-corrected chi connectivity index (χ3v) is 5.57. The highest BCUT2D eigenvalue weighted by Gasteiger charge is 2.23. The molecule has 1 unspecified atom stereocenters. The molecule has 0 aliphatic carbocycles. The summed E-state index contributed by atoms with van der Waals surface area (Å²) in [6, 6.07) is 10.5. The Hall–Kier alpha value is -3.57. The molecule has 6 N–H and O–H groups in total. The average Bonchev–Trinajstić information content (AvgIpc) is 3.50. The van der Waals surface area contributed by atoms with Gasteiger partial charge in [0.15, 0.2) is 0 Å². The first-order valence-corrected chi connectivity index (χ1v) is 10.6. The van der Waals surface area contributed by atoms with Crippen LogP contribution in [0.15, 0.2) is 53.2 Å². The molecule has 2 aromatic heterocycles. The lowest BCUT2D eigenvalue weighted by molar-refractivity contribution is 0.116. The average molecular weight is 457 g/mol. The number of pyridine rings is 1. The normalized spacial score (nSPS) is 15.8. The molecule has 1 aromatic carbocycles. The minimum Gasteiger partial charge on any atom is -0.415 e. The molecule has 3 heterocycles. The molecular formula is C22H26F2N8O. The Morgan fingerprint density at radius 1 is 1.12 bits per heavy atom. The molecule has 0 saturated carbocycles. The number of anilines is 1. The smallest absolute Gasteiger partial charge is 0.314 e. The molecule has 1 atom stereocenters. The van der Waals surface area contributed by atoms with Gasteiger partial charge in [0.2, 0.25) is 5.89 Å². The number of nitrogens with two attached hydrogens (primary N) is 3. The van der Waals surface area contributed by atoms with Crippen molar-refractivity contribution in [1.29, 1.82) is 0 Å². The van der Waals surface area contributed by atoms with Crippen molar-refractivity contribution in [3.8, 4) is 11.5 Å². The van der Waals surface area contributed by atoms with Gasteiger partial charge in [0.25, 0.3) is 5.89 Å². The molecule has 4 rings (SSSR count). The summed E-state index contributed by atoms with van der Waals surface area (Å²) in [4.78, 5) is 6.41. The lowest BCUT2D eigenvalue weighted by Gasteiger charge is -2.31. The molecule has 33 heavy (non-hydrogen) atoms. The molecule has 174 valence electrons. The number of hydrazine groups is 1. The fourth-order valence-electron chi connectivity index (χ4n) is 3.77. The third kappa shape index (κ3) is 5.44. The summed E-state index contributed by atoms with van der Waals surface area (Å²) in [5.74, 6) is 6.21. The molecule has 3 aromatic rings. The lowest BCUT2D eigenvalue weighted by atomic mass is 10.0. The first kappa shape index (κ1) is 22.6. The molecule has 0 amide bonds. The molecule has 1 saturated heterocycles. The Bertz CT molecular complexity index is 1080. The minimum absolute atomic E-state index is 0.0394. The van der Waals surface area contributed by atoms with E-state index in [1.165, 1.54) is 0 Å². The van der Waals surface area contributed by atoms with Crippen molar-refractivity contribution in [2.45, 2.75) is 25.3 Å². The highest BCUT2D eigenvalue weighted by molar-refractivity contribution is 5.62. The van der Waals surface area contributed by atoms with Crippen LogP contribution in [0.3, 0.4) is 0 Å². The molecule has 0 bridgehead atoms. The van der Waals surface area contributed by atoms with E-state index in [0.717, 1.165) is 31.5 Å². The topological polar surface area (TPSA) is 136 Å². The molecule has 1 aliphatic rings. The van der Waals surface area contributed by atoms with Crippen LogP contribution in [-0.4, -0.2) is 44.7 Å². The first-order chi connectivity index (χ1) is 15.9. The number of hydrogen-bond donors (Lipinski definition) is 3. The van der Waals surface area contributed by atoms with Gasteiger partial charge in [0.1, 0.15) is 5.82 Å². The van der Waals surface area contributed by atoms with Crippen molar-refractivity contribution in [1.82, 2.24) is 25.1 Å². The van der Waals surface area contributed by atoms with Crippen LogP contribution in [-0.2, 0) is 0 Å². The van der Waals surface area contributed by atoms with Crippen molar-refractivity contribution < 1.29 is 13.2 Å². The lowest BCUT2D eigenvalue weighted by Crippen LogP contribution is -2.38.